The Kier molecular flexibility index (Phi) is 5.25. The van der Waals surface area contributed by atoms with E-state index >= 15 is 0 Å². The third-order valence-corrected chi connectivity index (χ3v) is 2.89. The number of hydrogen-bond donors (Lipinski definition) is 2. The fraction of sp³-hybridized carbons (Fsp3) is 0.727. The third kappa shape index (κ3) is 3.77. The maximum absolute atomic E-state index is 9.21. The van der Waals surface area contributed by atoms with Crippen LogP contribution in [0.4, 0.5) is 0 Å². The Balaban J connectivity index is 2.46. The molecular formula is C11H20ClN3O. The summed E-state index contributed by atoms with van der Waals surface area (Å²) in [6.07, 6.45) is 2.49. The van der Waals surface area contributed by atoms with Gasteiger partial charge in [0.1, 0.15) is 0 Å². The van der Waals surface area contributed by atoms with Gasteiger partial charge in [0.2, 0.25) is 0 Å². The van der Waals surface area contributed by atoms with Gasteiger partial charge in [0, 0.05) is 18.6 Å². The van der Waals surface area contributed by atoms with Crippen molar-refractivity contribution in [1.29, 1.82) is 0 Å². The molecule has 0 saturated carbocycles. The van der Waals surface area contributed by atoms with Crippen molar-refractivity contribution in [3.05, 3.63) is 16.9 Å². The lowest BCUT2D eigenvalue weighted by atomic mass is 10.2. The zero-order valence-electron chi connectivity index (χ0n) is 10.1. The van der Waals surface area contributed by atoms with E-state index in [-0.39, 0.29) is 12.6 Å². The summed E-state index contributed by atoms with van der Waals surface area (Å²) in [5.41, 5.74) is 0.975. The van der Waals surface area contributed by atoms with Crippen LogP contribution in [0.25, 0.3) is 0 Å². The van der Waals surface area contributed by atoms with E-state index in [0.29, 0.717) is 11.1 Å². The van der Waals surface area contributed by atoms with Gasteiger partial charge in [0.25, 0.3) is 0 Å². The molecule has 0 saturated heterocycles. The zero-order valence-corrected chi connectivity index (χ0v) is 10.8. The van der Waals surface area contributed by atoms with E-state index in [2.05, 4.69) is 24.3 Å². The van der Waals surface area contributed by atoms with Crippen molar-refractivity contribution in [3.63, 3.8) is 0 Å². The smallest absolute Gasteiger partial charge is 0.0814 e. The van der Waals surface area contributed by atoms with Crippen LogP contribution in [0.3, 0.4) is 0 Å². The molecule has 1 rings (SSSR count). The maximum Gasteiger partial charge on any atom is 0.0814 e. The van der Waals surface area contributed by atoms with Crippen LogP contribution in [-0.2, 0) is 6.54 Å². The Bertz CT molecular complexity index is 325. The van der Waals surface area contributed by atoms with Crippen LogP contribution >= 0.6 is 11.6 Å². The Hall–Kier alpha value is -0.580. The molecule has 4 nitrogen and oxygen atoms in total. The molecule has 0 aromatic carbocycles. The minimum absolute atomic E-state index is 0.113. The van der Waals surface area contributed by atoms with E-state index in [1.54, 1.807) is 6.20 Å². The van der Waals surface area contributed by atoms with Gasteiger partial charge in [-0.3, -0.25) is 4.68 Å². The van der Waals surface area contributed by atoms with Gasteiger partial charge in [-0.2, -0.15) is 5.10 Å². The summed E-state index contributed by atoms with van der Waals surface area (Å²) in [7, 11) is 0. The predicted octanol–water partition coefficient (Wildman–Crippen LogP) is 1.59. The summed E-state index contributed by atoms with van der Waals surface area (Å²) in [5, 5.41) is 17.4. The van der Waals surface area contributed by atoms with Crippen molar-refractivity contribution in [3.8, 4) is 0 Å². The monoisotopic (exact) mass is 245 g/mol. The molecular weight excluding hydrogens is 226 g/mol. The standard InChI is InChI=1S/C11H20ClN3O/c1-8(2)14-10(7-16)4-5-15-9(3)11(12)6-13-15/h6,8,10,14,16H,4-5,7H2,1-3H3. The number of aryl methyl sites for hydroxylation is 1. The second kappa shape index (κ2) is 6.23. The van der Waals surface area contributed by atoms with E-state index in [4.69, 9.17) is 11.6 Å². The number of aromatic nitrogens is 2. The molecule has 5 heteroatoms. The Morgan fingerprint density at radius 1 is 1.56 bits per heavy atom. The molecule has 0 fully saturated rings. The molecule has 1 unspecified atom stereocenters. The predicted molar refractivity (Wildman–Crippen MR) is 65.7 cm³/mol. The topological polar surface area (TPSA) is 50.1 Å². The zero-order chi connectivity index (χ0) is 12.1. The van der Waals surface area contributed by atoms with Crippen molar-refractivity contribution in [1.82, 2.24) is 15.1 Å². The van der Waals surface area contributed by atoms with E-state index in [1.807, 2.05) is 11.6 Å². The van der Waals surface area contributed by atoms with Gasteiger partial charge < -0.3 is 10.4 Å². The van der Waals surface area contributed by atoms with E-state index in [1.165, 1.54) is 0 Å². The molecule has 0 spiro atoms. The molecule has 0 aliphatic carbocycles. The molecule has 0 aliphatic heterocycles. The highest BCUT2D eigenvalue weighted by Crippen LogP contribution is 2.13. The quantitative estimate of drug-likeness (QED) is 0.801. The second-order valence-corrected chi connectivity index (χ2v) is 4.70. The summed E-state index contributed by atoms with van der Waals surface area (Å²) in [6.45, 7) is 6.99. The van der Waals surface area contributed by atoms with E-state index < -0.39 is 0 Å². The first-order valence-electron chi connectivity index (χ1n) is 5.59. The Morgan fingerprint density at radius 2 is 2.25 bits per heavy atom. The third-order valence-electron chi connectivity index (χ3n) is 2.52. The Labute approximate surface area is 102 Å². The van der Waals surface area contributed by atoms with Gasteiger partial charge in [-0.1, -0.05) is 25.4 Å². The highest BCUT2D eigenvalue weighted by atomic mass is 35.5. The minimum Gasteiger partial charge on any atom is -0.395 e. The lowest BCUT2D eigenvalue weighted by Gasteiger charge is -2.19. The van der Waals surface area contributed by atoms with Crippen molar-refractivity contribution in [2.75, 3.05) is 6.61 Å². The number of aliphatic hydroxyl groups is 1. The van der Waals surface area contributed by atoms with E-state index in [0.717, 1.165) is 18.7 Å². The number of rotatable bonds is 6. The molecule has 1 heterocycles. The van der Waals surface area contributed by atoms with Gasteiger partial charge in [-0.25, -0.2) is 0 Å². The molecule has 92 valence electrons. The van der Waals surface area contributed by atoms with Crippen LogP contribution in [0.1, 0.15) is 26.0 Å². The largest absolute Gasteiger partial charge is 0.395 e. The second-order valence-electron chi connectivity index (χ2n) is 4.29. The Morgan fingerprint density at radius 3 is 2.69 bits per heavy atom. The molecule has 1 aromatic rings. The van der Waals surface area contributed by atoms with Gasteiger partial charge in [-0.05, 0) is 13.3 Å². The average molecular weight is 246 g/mol. The van der Waals surface area contributed by atoms with Crippen LogP contribution in [0, 0.1) is 6.92 Å². The molecule has 16 heavy (non-hydrogen) atoms. The molecule has 0 radical (unpaired) electrons. The molecule has 2 N–H and O–H groups in total. The normalized spacial score (nSPS) is 13.4. The average Bonchev–Trinajstić information content (AvgIpc) is 2.54. The van der Waals surface area contributed by atoms with Gasteiger partial charge in [-0.15, -0.1) is 0 Å². The van der Waals surface area contributed by atoms with Crippen LogP contribution < -0.4 is 5.32 Å². The van der Waals surface area contributed by atoms with E-state index in [9.17, 15) is 5.11 Å². The first-order chi connectivity index (χ1) is 7.54. The van der Waals surface area contributed by atoms with Crippen LogP contribution in [0.5, 0.6) is 0 Å². The number of nitrogens with zero attached hydrogens (tertiary/aromatic N) is 2. The molecule has 1 atom stereocenters. The van der Waals surface area contributed by atoms with Crippen molar-refractivity contribution >= 4 is 11.6 Å². The summed E-state index contributed by atoms with van der Waals surface area (Å²) in [4.78, 5) is 0. The lowest BCUT2D eigenvalue weighted by molar-refractivity contribution is 0.222. The molecule has 1 aromatic heterocycles. The van der Waals surface area contributed by atoms with Gasteiger partial charge >= 0.3 is 0 Å². The summed E-state index contributed by atoms with van der Waals surface area (Å²) < 4.78 is 1.87. The minimum atomic E-state index is 0.113. The van der Waals surface area contributed by atoms with Crippen molar-refractivity contribution < 1.29 is 5.11 Å². The maximum atomic E-state index is 9.21. The summed E-state index contributed by atoms with van der Waals surface area (Å²) >= 11 is 5.91. The lowest BCUT2D eigenvalue weighted by Crippen LogP contribution is -2.38. The fourth-order valence-electron chi connectivity index (χ4n) is 1.63. The number of hydrogen-bond acceptors (Lipinski definition) is 3. The number of nitrogens with one attached hydrogen (secondary N) is 1. The van der Waals surface area contributed by atoms with Crippen LogP contribution in [0.2, 0.25) is 5.02 Å². The van der Waals surface area contributed by atoms with Crippen LogP contribution in [0.15, 0.2) is 6.20 Å². The van der Waals surface area contributed by atoms with Crippen molar-refractivity contribution in [2.24, 2.45) is 0 Å². The first kappa shape index (κ1) is 13.5. The highest BCUT2D eigenvalue weighted by Gasteiger charge is 2.10. The highest BCUT2D eigenvalue weighted by molar-refractivity contribution is 6.31. The van der Waals surface area contributed by atoms with Gasteiger partial charge in [0.15, 0.2) is 0 Å². The summed E-state index contributed by atoms with van der Waals surface area (Å²) in [6, 6.07) is 0.488. The molecule has 0 aliphatic rings. The summed E-state index contributed by atoms with van der Waals surface area (Å²) in [5.74, 6) is 0. The molecule has 0 bridgehead atoms. The van der Waals surface area contributed by atoms with Crippen molar-refractivity contribution in [2.45, 2.75) is 45.8 Å². The fourth-order valence-corrected chi connectivity index (χ4v) is 1.77. The number of aliphatic hydroxyl groups excluding tert-OH is 1. The van der Waals surface area contributed by atoms with Gasteiger partial charge in [0.05, 0.1) is 23.5 Å². The number of halogens is 1. The molecule has 0 amide bonds. The SMILES string of the molecule is Cc1c(Cl)cnn1CCC(CO)NC(C)C. The van der Waals surface area contributed by atoms with Crippen LogP contribution in [-0.4, -0.2) is 33.6 Å². The first-order valence-corrected chi connectivity index (χ1v) is 5.97.